The first-order chi connectivity index (χ1) is 13.0. The predicted molar refractivity (Wildman–Crippen MR) is 94.7 cm³/mol. The Hall–Kier alpha value is -2.69. The Kier molecular flexibility index (Phi) is 5.04. The monoisotopic (exact) mass is 414 g/mol. The van der Waals surface area contributed by atoms with Gasteiger partial charge in [0.2, 0.25) is 5.88 Å². The molecule has 0 saturated heterocycles. The molecule has 3 heterocycles. The summed E-state index contributed by atoms with van der Waals surface area (Å²) in [7, 11) is -3.65. The predicted octanol–water partition coefficient (Wildman–Crippen LogP) is 3.39. The van der Waals surface area contributed by atoms with Gasteiger partial charge in [0.1, 0.15) is 5.69 Å². The molecule has 0 aromatic carbocycles. The zero-order valence-corrected chi connectivity index (χ0v) is 16.0. The van der Waals surface area contributed by atoms with Gasteiger partial charge in [-0.3, -0.25) is 0 Å². The third-order valence-corrected chi connectivity index (χ3v) is 5.52. The van der Waals surface area contributed by atoms with E-state index in [0.717, 1.165) is 10.6 Å². The smallest absolute Gasteiger partial charge is 0.435 e. The molecule has 3 aromatic rings. The highest BCUT2D eigenvalue weighted by Crippen LogP contribution is 2.31. The Balaban J connectivity index is 2.19. The van der Waals surface area contributed by atoms with Gasteiger partial charge in [-0.1, -0.05) is 6.92 Å². The van der Waals surface area contributed by atoms with Crippen molar-refractivity contribution in [2.24, 2.45) is 0 Å². The van der Waals surface area contributed by atoms with Crippen LogP contribution in [0.5, 0.6) is 5.88 Å². The van der Waals surface area contributed by atoms with Crippen LogP contribution in [0.25, 0.3) is 17.0 Å². The second-order valence-corrected chi connectivity index (χ2v) is 8.46. The van der Waals surface area contributed by atoms with Gasteiger partial charge in [-0.05, 0) is 26.0 Å². The molecule has 0 saturated carbocycles. The van der Waals surface area contributed by atoms with Crippen molar-refractivity contribution < 1.29 is 26.3 Å². The fraction of sp³-hybridized carbons (Fsp3) is 0.353. The lowest BCUT2D eigenvalue weighted by Crippen LogP contribution is -2.11. The van der Waals surface area contributed by atoms with Gasteiger partial charge in [-0.25, -0.2) is 22.9 Å². The average molecular weight is 414 g/mol. The quantitative estimate of drug-likeness (QED) is 0.636. The zero-order chi connectivity index (χ0) is 20.7. The molecule has 0 fully saturated rings. The molecule has 0 amide bonds. The first-order valence-electron chi connectivity index (χ1n) is 8.35. The number of sulfone groups is 1. The lowest BCUT2D eigenvalue weighted by atomic mass is 10.2. The number of alkyl halides is 3. The minimum absolute atomic E-state index is 0.0114. The summed E-state index contributed by atoms with van der Waals surface area (Å²) < 4.78 is 70.0. The van der Waals surface area contributed by atoms with Crippen LogP contribution >= 0.6 is 0 Å². The van der Waals surface area contributed by atoms with Crippen LogP contribution in [0.3, 0.4) is 0 Å². The molecule has 0 radical (unpaired) electrons. The number of aromatic nitrogens is 4. The van der Waals surface area contributed by atoms with Crippen LogP contribution in [0.1, 0.15) is 26.5 Å². The maximum Gasteiger partial charge on any atom is 0.435 e. The van der Waals surface area contributed by atoms with Gasteiger partial charge in [0.15, 0.2) is 21.2 Å². The Morgan fingerprint density at radius 1 is 1.18 bits per heavy atom. The molecule has 150 valence electrons. The van der Waals surface area contributed by atoms with Gasteiger partial charge in [0.05, 0.1) is 22.4 Å². The van der Waals surface area contributed by atoms with Crippen molar-refractivity contribution in [1.82, 2.24) is 19.6 Å². The number of rotatable bonds is 5. The molecule has 0 atom stereocenters. The van der Waals surface area contributed by atoms with Crippen LogP contribution in [0.4, 0.5) is 13.2 Å². The molecule has 0 N–H and O–H groups in total. The van der Waals surface area contributed by atoms with Crippen molar-refractivity contribution in [2.45, 2.75) is 37.9 Å². The molecule has 3 aromatic heterocycles. The number of halogens is 3. The molecule has 0 aliphatic carbocycles. The summed E-state index contributed by atoms with van der Waals surface area (Å²) >= 11 is 0. The fourth-order valence-corrected chi connectivity index (χ4v) is 3.51. The van der Waals surface area contributed by atoms with E-state index >= 15 is 0 Å². The van der Waals surface area contributed by atoms with Crippen LogP contribution in [0, 0.1) is 0 Å². The topological polar surface area (TPSA) is 86.5 Å². The summed E-state index contributed by atoms with van der Waals surface area (Å²) in [6, 6.07) is 4.94. The van der Waals surface area contributed by atoms with Crippen LogP contribution < -0.4 is 4.74 Å². The van der Waals surface area contributed by atoms with Crippen molar-refractivity contribution in [1.29, 1.82) is 0 Å². The maximum absolute atomic E-state index is 12.9. The molecule has 3 rings (SSSR count). The first kappa shape index (κ1) is 20.1. The minimum atomic E-state index is -4.62. The van der Waals surface area contributed by atoms with E-state index in [4.69, 9.17) is 4.74 Å². The maximum atomic E-state index is 12.9. The lowest BCUT2D eigenvalue weighted by Gasteiger charge is -2.13. The van der Waals surface area contributed by atoms with Crippen LogP contribution in [0.15, 0.2) is 35.4 Å². The second kappa shape index (κ2) is 7.04. The summed E-state index contributed by atoms with van der Waals surface area (Å²) in [6.45, 7) is 5.06. The fourth-order valence-electron chi connectivity index (χ4n) is 2.48. The number of nitrogens with zero attached hydrogens (tertiary/aromatic N) is 4. The van der Waals surface area contributed by atoms with Gasteiger partial charge in [0, 0.05) is 18.3 Å². The van der Waals surface area contributed by atoms with E-state index in [9.17, 15) is 21.6 Å². The third-order valence-electron chi connectivity index (χ3n) is 3.76. The van der Waals surface area contributed by atoms with Gasteiger partial charge >= 0.3 is 6.18 Å². The van der Waals surface area contributed by atoms with Crippen LogP contribution in [-0.2, 0) is 16.0 Å². The number of fused-ring (bicyclic) bond motifs is 1. The standard InChI is InChI=1S/C17H17F3N4O3S/c1-4-28(25,26)12-5-6-15(27-10(2)3)22-16(12)11-7-8-24-14(21-11)9-13(23-24)17(18,19)20/h5-10H,4H2,1-3H3. The van der Waals surface area contributed by atoms with E-state index in [0.29, 0.717) is 0 Å². The Morgan fingerprint density at radius 3 is 2.50 bits per heavy atom. The Morgan fingerprint density at radius 2 is 1.89 bits per heavy atom. The van der Waals surface area contributed by atoms with E-state index in [2.05, 4.69) is 15.1 Å². The van der Waals surface area contributed by atoms with Crippen molar-refractivity contribution in [2.75, 3.05) is 5.75 Å². The summed E-state index contributed by atoms with van der Waals surface area (Å²) in [5.74, 6) is 0.0189. The summed E-state index contributed by atoms with van der Waals surface area (Å²) in [4.78, 5) is 8.30. The average Bonchev–Trinajstić information content (AvgIpc) is 3.04. The normalized spacial score (nSPS) is 12.7. The van der Waals surface area contributed by atoms with Gasteiger partial charge < -0.3 is 4.74 Å². The largest absolute Gasteiger partial charge is 0.475 e. The zero-order valence-electron chi connectivity index (χ0n) is 15.2. The van der Waals surface area contributed by atoms with Crippen molar-refractivity contribution in [3.05, 3.63) is 36.2 Å². The van der Waals surface area contributed by atoms with Crippen molar-refractivity contribution in [3.8, 4) is 17.3 Å². The van der Waals surface area contributed by atoms with Gasteiger partial charge in [-0.15, -0.1) is 0 Å². The molecule has 0 unspecified atom stereocenters. The number of hydrogen-bond donors (Lipinski definition) is 0. The second-order valence-electron chi connectivity index (χ2n) is 6.21. The summed E-state index contributed by atoms with van der Waals surface area (Å²) in [5, 5.41) is 3.43. The Bertz CT molecular complexity index is 1120. The van der Waals surface area contributed by atoms with Gasteiger partial charge in [-0.2, -0.15) is 18.3 Å². The summed E-state index contributed by atoms with van der Waals surface area (Å²) in [5.41, 5.74) is -1.07. The molecule has 7 nitrogen and oxygen atoms in total. The van der Waals surface area contributed by atoms with Crippen LogP contribution in [-0.4, -0.2) is 39.9 Å². The molecule has 0 bridgehead atoms. The first-order valence-corrected chi connectivity index (χ1v) is 10.0. The van der Waals surface area contributed by atoms with E-state index in [1.807, 2.05) is 0 Å². The SMILES string of the molecule is CCS(=O)(=O)c1ccc(OC(C)C)nc1-c1ccn2nc(C(F)(F)F)cc2n1. The Labute approximate surface area is 159 Å². The minimum Gasteiger partial charge on any atom is -0.475 e. The number of pyridine rings is 1. The highest BCUT2D eigenvalue weighted by atomic mass is 32.2. The molecular weight excluding hydrogens is 397 g/mol. The lowest BCUT2D eigenvalue weighted by molar-refractivity contribution is -0.141. The molecule has 0 aliphatic rings. The van der Waals surface area contributed by atoms with Crippen molar-refractivity contribution >= 4 is 15.5 Å². The molecular formula is C17H17F3N4O3S. The number of hydrogen-bond acceptors (Lipinski definition) is 6. The van der Waals surface area contributed by atoms with E-state index < -0.39 is 21.7 Å². The molecule has 0 spiro atoms. The van der Waals surface area contributed by atoms with E-state index in [1.165, 1.54) is 31.3 Å². The van der Waals surface area contributed by atoms with Gasteiger partial charge in [0.25, 0.3) is 0 Å². The highest BCUT2D eigenvalue weighted by molar-refractivity contribution is 7.91. The van der Waals surface area contributed by atoms with E-state index in [1.54, 1.807) is 13.8 Å². The molecule has 28 heavy (non-hydrogen) atoms. The van der Waals surface area contributed by atoms with Crippen LogP contribution in [0.2, 0.25) is 0 Å². The van der Waals surface area contributed by atoms with E-state index in [-0.39, 0.29) is 39.7 Å². The summed E-state index contributed by atoms with van der Waals surface area (Å²) in [6.07, 6.45) is -3.55. The third kappa shape index (κ3) is 3.93. The van der Waals surface area contributed by atoms with Crippen molar-refractivity contribution in [3.63, 3.8) is 0 Å². The highest BCUT2D eigenvalue weighted by Gasteiger charge is 2.34. The molecule has 0 aliphatic heterocycles. The number of ether oxygens (including phenoxy) is 1. The molecule has 11 heteroatoms.